The summed E-state index contributed by atoms with van der Waals surface area (Å²) in [6.07, 6.45) is 2.27. The number of nitrogen functional groups attached to an aromatic ring is 1. The highest BCUT2D eigenvalue weighted by molar-refractivity contribution is 7.89. The first-order valence-corrected chi connectivity index (χ1v) is 7.47. The fourth-order valence-corrected chi connectivity index (χ4v) is 2.25. The number of hydrogen-bond acceptors (Lipinski definition) is 6. The number of nitrogens with two attached hydrogens (primary N) is 1. The van der Waals surface area contributed by atoms with Gasteiger partial charge < -0.3 is 11.1 Å². The number of carbonyl (C=O) groups excluding carboxylic acids is 1. The lowest BCUT2D eigenvalue weighted by Gasteiger charge is -2.20. The third-order valence-corrected chi connectivity index (χ3v) is 3.53. The lowest BCUT2D eigenvalue weighted by molar-refractivity contribution is -0.122. The number of aromatic nitrogens is 2. The molecule has 0 aliphatic heterocycles. The smallest absolute Gasteiger partial charge is 0.243 e. The van der Waals surface area contributed by atoms with E-state index in [4.69, 9.17) is 5.73 Å². The van der Waals surface area contributed by atoms with Gasteiger partial charge in [0.05, 0.1) is 12.4 Å². The Balaban J connectivity index is 2.53. The Kier molecular flexibility index (Phi) is 5.01. The molecule has 0 aliphatic carbocycles. The molecule has 0 unspecified atom stereocenters. The van der Waals surface area contributed by atoms with Gasteiger partial charge in [0.15, 0.2) is 0 Å². The van der Waals surface area contributed by atoms with Gasteiger partial charge in [-0.2, -0.15) is 0 Å². The minimum atomic E-state index is -3.73. The predicted molar refractivity (Wildman–Crippen MR) is 74.1 cm³/mol. The van der Waals surface area contributed by atoms with Gasteiger partial charge in [0.1, 0.15) is 4.90 Å². The largest absolute Gasteiger partial charge is 0.368 e. The van der Waals surface area contributed by atoms with Gasteiger partial charge in [-0.15, -0.1) is 0 Å². The van der Waals surface area contributed by atoms with Crippen LogP contribution in [0.25, 0.3) is 0 Å². The molecular formula is C11H19N5O3S. The van der Waals surface area contributed by atoms with E-state index in [2.05, 4.69) is 20.0 Å². The van der Waals surface area contributed by atoms with Crippen LogP contribution in [0.1, 0.15) is 27.2 Å². The standard InChI is InChI=1S/C11H19N5O3S/c1-11(2,3)16-9(17)4-5-15-20(18,19)8-6-13-10(12)14-7-8/h6-7,15H,4-5H2,1-3H3,(H,16,17)(H2,12,13,14). The zero-order chi connectivity index (χ0) is 15.4. The maximum atomic E-state index is 11.8. The highest BCUT2D eigenvalue weighted by Crippen LogP contribution is 2.05. The normalized spacial score (nSPS) is 12.2. The number of sulfonamides is 1. The quantitative estimate of drug-likeness (QED) is 0.681. The fourth-order valence-electron chi connectivity index (χ4n) is 1.33. The van der Waals surface area contributed by atoms with E-state index in [1.165, 1.54) is 0 Å². The number of carbonyl (C=O) groups is 1. The van der Waals surface area contributed by atoms with E-state index in [1.54, 1.807) is 0 Å². The van der Waals surface area contributed by atoms with Crippen LogP contribution >= 0.6 is 0 Å². The second-order valence-electron chi connectivity index (χ2n) is 5.22. The first kappa shape index (κ1) is 16.3. The molecule has 8 nitrogen and oxygen atoms in total. The van der Waals surface area contributed by atoms with Crippen LogP contribution in [0.5, 0.6) is 0 Å². The van der Waals surface area contributed by atoms with Gasteiger partial charge in [-0.25, -0.2) is 23.1 Å². The maximum Gasteiger partial charge on any atom is 0.243 e. The number of rotatable bonds is 5. The van der Waals surface area contributed by atoms with Crippen molar-refractivity contribution in [3.63, 3.8) is 0 Å². The molecule has 1 aromatic rings. The second kappa shape index (κ2) is 6.14. The minimum Gasteiger partial charge on any atom is -0.368 e. The molecule has 0 saturated carbocycles. The van der Waals surface area contributed by atoms with Crippen LogP contribution in [0.15, 0.2) is 17.3 Å². The third-order valence-electron chi connectivity index (χ3n) is 2.12. The summed E-state index contributed by atoms with van der Waals surface area (Å²) in [5.41, 5.74) is 4.93. The van der Waals surface area contributed by atoms with Crippen LogP contribution in [-0.4, -0.2) is 36.4 Å². The Hall–Kier alpha value is -1.74. The SMILES string of the molecule is CC(C)(C)NC(=O)CCNS(=O)(=O)c1cnc(N)nc1. The van der Waals surface area contributed by atoms with Crippen molar-refractivity contribution < 1.29 is 13.2 Å². The van der Waals surface area contributed by atoms with Gasteiger partial charge in [0.2, 0.25) is 21.9 Å². The van der Waals surface area contributed by atoms with Gasteiger partial charge in [-0.3, -0.25) is 4.79 Å². The zero-order valence-electron chi connectivity index (χ0n) is 11.7. The van der Waals surface area contributed by atoms with Crippen LogP contribution in [0, 0.1) is 0 Å². The first-order chi connectivity index (χ1) is 9.10. The molecule has 0 aliphatic rings. The van der Waals surface area contributed by atoms with Crippen molar-refractivity contribution in [2.45, 2.75) is 37.6 Å². The van der Waals surface area contributed by atoms with Crippen LogP contribution in [0.3, 0.4) is 0 Å². The molecular weight excluding hydrogens is 282 g/mol. The van der Waals surface area contributed by atoms with E-state index in [0.29, 0.717) is 0 Å². The summed E-state index contributed by atoms with van der Waals surface area (Å²) in [5, 5.41) is 2.74. The lowest BCUT2D eigenvalue weighted by Crippen LogP contribution is -2.41. The molecule has 0 radical (unpaired) electrons. The van der Waals surface area contributed by atoms with Gasteiger partial charge >= 0.3 is 0 Å². The van der Waals surface area contributed by atoms with Crippen molar-refractivity contribution >= 4 is 21.9 Å². The van der Waals surface area contributed by atoms with E-state index < -0.39 is 10.0 Å². The Morgan fingerprint density at radius 1 is 1.30 bits per heavy atom. The molecule has 1 heterocycles. The zero-order valence-corrected chi connectivity index (χ0v) is 12.5. The highest BCUT2D eigenvalue weighted by Gasteiger charge is 2.17. The summed E-state index contributed by atoms with van der Waals surface area (Å²) >= 11 is 0. The summed E-state index contributed by atoms with van der Waals surface area (Å²) in [7, 11) is -3.73. The molecule has 1 amide bonds. The van der Waals surface area contributed by atoms with Crippen molar-refractivity contribution in [2.75, 3.05) is 12.3 Å². The maximum absolute atomic E-state index is 11.8. The molecule has 112 valence electrons. The summed E-state index contributed by atoms with van der Waals surface area (Å²) in [4.78, 5) is 18.7. The Labute approximate surface area is 118 Å². The second-order valence-corrected chi connectivity index (χ2v) is 6.99. The number of amides is 1. The van der Waals surface area contributed by atoms with Crippen LogP contribution in [0.2, 0.25) is 0 Å². The number of nitrogens with zero attached hydrogens (tertiary/aromatic N) is 2. The van der Waals surface area contributed by atoms with Crippen molar-refractivity contribution in [3.05, 3.63) is 12.4 Å². The number of hydrogen-bond donors (Lipinski definition) is 3. The van der Waals surface area contributed by atoms with E-state index >= 15 is 0 Å². The topological polar surface area (TPSA) is 127 Å². The molecule has 0 saturated heterocycles. The first-order valence-electron chi connectivity index (χ1n) is 5.98. The van der Waals surface area contributed by atoms with Gasteiger partial charge in [-0.1, -0.05) is 0 Å². The highest BCUT2D eigenvalue weighted by atomic mass is 32.2. The van der Waals surface area contributed by atoms with Gasteiger partial charge in [0, 0.05) is 18.5 Å². The predicted octanol–water partition coefficient (Wildman–Crippen LogP) is -0.358. The summed E-state index contributed by atoms with van der Waals surface area (Å²) in [5.74, 6) is -0.234. The number of nitrogens with one attached hydrogen (secondary N) is 2. The van der Waals surface area contributed by atoms with Gasteiger partial charge in [0.25, 0.3) is 0 Å². The van der Waals surface area contributed by atoms with Crippen molar-refractivity contribution in [2.24, 2.45) is 0 Å². The fraction of sp³-hybridized carbons (Fsp3) is 0.545. The molecule has 4 N–H and O–H groups in total. The van der Waals surface area contributed by atoms with E-state index in [1.807, 2.05) is 20.8 Å². The molecule has 20 heavy (non-hydrogen) atoms. The Morgan fingerprint density at radius 2 is 1.85 bits per heavy atom. The minimum absolute atomic E-state index is 0.00533. The summed E-state index contributed by atoms with van der Waals surface area (Å²) < 4.78 is 26.0. The van der Waals surface area contributed by atoms with Crippen molar-refractivity contribution in [1.29, 1.82) is 0 Å². The number of anilines is 1. The molecule has 0 atom stereocenters. The molecule has 0 bridgehead atoms. The monoisotopic (exact) mass is 301 g/mol. The summed E-state index contributed by atoms with van der Waals surface area (Å²) in [6, 6.07) is 0. The average Bonchev–Trinajstić information content (AvgIpc) is 2.26. The lowest BCUT2D eigenvalue weighted by atomic mass is 10.1. The third kappa shape index (κ3) is 5.49. The Morgan fingerprint density at radius 3 is 2.35 bits per heavy atom. The van der Waals surface area contributed by atoms with Crippen LogP contribution in [0.4, 0.5) is 5.95 Å². The average molecular weight is 301 g/mol. The van der Waals surface area contributed by atoms with E-state index in [-0.39, 0.29) is 35.3 Å². The van der Waals surface area contributed by atoms with Crippen LogP contribution < -0.4 is 15.8 Å². The van der Waals surface area contributed by atoms with Gasteiger partial charge in [-0.05, 0) is 20.8 Å². The van der Waals surface area contributed by atoms with E-state index in [0.717, 1.165) is 12.4 Å². The molecule has 0 spiro atoms. The van der Waals surface area contributed by atoms with E-state index in [9.17, 15) is 13.2 Å². The molecule has 1 aromatic heterocycles. The van der Waals surface area contributed by atoms with Crippen LogP contribution in [-0.2, 0) is 14.8 Å². The molecule has 1 rings (SSSR count). The van der Waals surface area contributed by atoms with Crippen molar-refractivity contribution in [3.8, 4) is 0 Å². The molecule has 9 heteroatoms. The molecule has 0 fully saturated rings. The Bertz CT molecular complexity index is 563. The van der Waals surface area contributed by atoms with Crippen molar-refractivity contribution in [1.82, 2.24) is 20.0 Å². The molecule has 0 aromatic carbocycles. The summed E-state index contributed by atoms with van der Waals surface area (Å²) in [6.45, 7) is 5.54.